The molecule has 0 unspecified atom stereocenters. The summed E-state index contributed by atoms with van der Waals surface area (Å²) in [5, 5.41) is 11.3. The minimum Gasteiger partial charge on any atom is -0.364 e. The number of hydrogen-bond donors (Lipinski definition) is 1. The summed E-state index contributed by atoms with van der Waals surface area (Å²) in [6, 6.07) is 3.49. The molecular weight excluding hydrogens is 228 g/mol. The van der Waals surface area contributed by atoms with Crippen LogP contribution in [0.25, 0.3) is 0 Å². The number of aromatic nitrogens is 2. The summed E-state index contributed by atoms with van der Waals surface area (Å²) in [6.45, 7) is 6.39. The molecule has 0 fully saturated rings. The molecule has 1 heterocycles. The monoisotopic (exact) mass is 250 g/mol. The van der Waals surface area contributed by atoms with Crippen LogP contribution < -0.4 is 5.32 Å². The van der Waals surface area contributed by atoms with Crippen molar-refractivity contribution in [2.24, 2.45) is 0 Å². The average Bonchev–Trinajstić information content (AvgIpc) is 2.28. The quantitative estimate of drug-likeness (QED) is 0.870. The molecule has 100 valence electrons. The highest BCUT2D eigenvalue weighted by Gasteiger charge is 2.17. The van der Waals surface area contributed by atoms with E-state index in [1.54, 1.807) is 26.2 Å². The van der Waals surface area contributed by atoms with Gasteiger partial charge in [-0.2, -0.15) is 0 Å². The summed E-state index contributed by atoms with van der Waals surface area (Å²) in [6.07, 6.45) is 2.15. The Hall–Kier alpha value is -1.65. The fourth-order valence-corrected chi connectivity index (χ4v) is 1.78. The number of carbonyl (C=O) groups excluding carboxylic acids is 1. The van der Waals surface area contributed by atoms with Crippen molar-refractivity contribution >= 4 is 11.7 Å². The maximum Gasteiger partial charge on any atom is 0.273 e. The summed E-state index contributed by atoms with van der Waals surface area (Å²) in [7, 11) is 3.39. The third-order valence-electron chi connectivity index (χ3n) is 2.63. The van der Waals surface area contributed by atoms with Gasteiger partial charge >= 0.3 is 0 Å². The van der Waals surface area contributed by atoms with Gasteiger partial charge in [-0.15, -0.1) is 10.2 Å². The Morgan fingerprint density at radius 3 is 2.44 bits per heavy atom. The van der Waals surface area contributed by atoms with Gasteiger partial charge in [0, 0.05) is 19.6 Å². The van der Waals surface area contributed by atoms with Crippen molar-refractivity contribution in [3.8, 4) is 0 Å². The highest BCUT2D eigenvalue weighted by atomic mass is 16.2. The van der Waals surface area contributed by atoms with Crippen LogP contribution in [0.1, 0.15) is 44.1 Å². The van der Waals surface area contributed by atoms with Crippen molar-refractivity contribution in [3.05, 3.63) is 17.8 Å². The fourth-order valence-electron chi connectivity index (χ4n) is 1.78. The summed E-state index contributed by atoms with van der Waals surface area (Å²) < 4.78 is 0. The van der Waals surface area contributed by atoms with Crippen molar-refractivity contribution in [2.75, 3.05) is 19.4 Å². The van der Waals surface area contributed by atoms with Gasteiger partial charge in [-0.1, -0.05) is 13.3 Å². The molecule has 0 aromatic carbocycles. The van der Waals surface area contributed by atoms with Gasteiger partial charge in [0.15, 0.2) is 5.69 Å². The Labute approximate surface area is 109 Å². The maximum atomic E-state index is 11.6. The Morgan fingerprint density at radius 2 is 2.00 bits per heavy atom. The lowest BCUT2D eigenvalue weighted by atomic mass is 9.99. The summed E-state index contributed by atoms with van der Waals surface area (Å²) >= 11 is 0. The lowest BCUT2D eigenvalue weighted by Crippen LogP contribution is -2.31. The molecule has 0 aliphatic carbocycles. The van der Waals surface area contributed by atoms with E-state index in [0.29, 0.717) is 11.5 Å². The van der Waals surface area contributed by atoms with E-state index in [4.69, 9.17) is 0 Å². The second kappa shape index (κ2) is 5.80. The smallest absolute Gasteiger partial charge is 0.273 e. The minimum absolute atomic E-state index is 0.0174. The van der Waals surface area contributed by atoms with E-state index in [1.165, 1.54) is 4.90 Å². The molecule has 1 aromatic heterocycles. The van der Waals surface area contributed by atoms with Gasteiger partial charge in [0.2, 0.25) is 0 Å². The predicted octanol–water partition coefficient (Wildman–Crippen LogP) is 2.17. The lowest BCUT2D eigenvalue weighted by Gasteiger charge is -2.26. The Kier molecular flexibility index (Phi) is 4.64. The van der Waals surface area contributed by atoms with Crippen molar-refractivity contribution in [2.45, 2.75) is 39.2 Å². The van der Waals surface area contributed by atoms with Gasteiger partial charge in [-0.3, -0.25) is 4.79 Å². The van der Waals surface area contributed by atoms with Crippen LogP contribution in [0.15, 0.2) is 12.1 Å². The number of hydrogen-bond acceptors (Lipinski definition) is 4. The van der Waals surface area contributed by atoms with Gasteiger partial charge < -0.3 is 10.2 Å². The van der Waals surface area contributed by atoms with E-state index in [0.717, 1.165) is 12.8 Å². The first-order chi connectivity index (χ1) is 8.35. The van der Waals surface area contributed by atoms with Gasteiger partial charge in [0.25, 0.3) is 5.91 Å². The zero-order chi connectivity index (χ0) is 13.8. The summed E-state index contributed by atoms with van der Waals surface area (Å²) in [4.78, 5) is 13.1. The van der Waals surface area contributed by atoms with Crippen molar-refractivity contribution in [3.63, 3.8) is 0 Å². The van der Waals surface area contributed by atoms with Crippen LogP contribution >= 0.6 is 0 Å². The molecule has 0 spiro atoms. The largest absolute Gasteiger partial charge is 0.364 e. The van der Waals surface area contributed by atoms with Gasteiger partial charge in [-0.25, -0.2) is 0 Å². The van der Waals surface area contributed by atoms with Gasteiger partial charge in [0.1, 0.15) is 5.82 Å². The van der Waals surface area contributed by atoms with Crippen LogP contribution in [-0.2, 0) is 0 Å². The van der Waals surface area contributed by atoms with E-state index >= 15 is 0 Å². The molecule has 0 saturated carbocycles. The van der Waals surface area contributed by atoms with E-state index < -0.39 is 0 Å². The Bertz CT molecular complexity index is 398. The third-order valence-corrected chi connectivity index (χ3v) is 2.63. The fraction of sp³-hybridized carbons (Fsp3) is 0.615. The molecule has 1 rings (SSSR count). The second-order valence-corrected chi connectivity index (χ2v) is 5.26. The first kappa shape index (κ1) is 14.4. The molecule has 0 atom stereocenters. The first-order valence-electron chi connectivity index (χ1n) is 6.19. The summed E-state index contributed by atoms with van der Waals surface area (Å²) in [5.74, 6) is 0.561. The number of carbonyl (C=O) groups is 1. The predicted molar refractivity (Wildman–Crippen MR) is 72.7 cm³/mol. The number of anilines is 1. The molecule has 0 bridgehead atoms. The van der Waals surface area contributed by atoms with Crippen LogP contribution in [0.3, 0.4) is 0 Å². The molecule has 1 N–H and O–H groups in total. The molecule has 1 amide bonds. The topological polar surface area (TPSA) is 58.1 Å². The second-order valence-electron chi connectivity index (χ2n) is 5.26. The van der Waals surface area contributed by atoms with Crippen LogP contribution in [0.2, 0.25) is 0 Å². The molecule has 1 aromatic rings. The molecule has 18 heavy (non-hydrogen) atoms. The Morgan fingerprint density at radius 1 is 1.33 bits per heavy atom. The highest BCUT2D eigenvalue weighted by molar-refractivity contribution is 5.91. The Balaban J connectivity index is 2.75. The number of nitrogens with zero attached hydrogens (tertiary/aromatic N) is 3. The van der Waals surface area contributed by atoms with E-state index in [-0.39, 0.29) is 11.4 Å². The first-order valence-corrected chi connectivity index (χ1v) is 6.19. The zero-order valence-electron chi connectivity index (χ0n) is 11.8. The summed E-state index contributed by atoms with van der Waals surface area (Å²) in [5.41, 5.74) is 0.343. The maximum absolute atomic E-state index is 11.6. The van der Waals surface area contributed by atoms with E-state index in [9.17, 15) is 4.79 Å². The SMILES string of the molecule is CCCC(C)(C)Nc1ccc(C(=O)N(C)C)nn1. The standard InChI is InChI=1S/C13H22N4O/c1-6-9-13(2,3)14-11-8-7-10(15-16-11)12(18)17(4)5/h7-8H,6,9H2,1-5H3,(H,14,16). The van der Waals surface area contributed by atoms with E-state index in [2.05, 4.69) is 36.3 Å². The van der Waals surface area contributed by atoms with Crippen molar-refractivity contribution in [1.82, 2.24) is 15.1 Å². The molecule has 0 saturated heterocycles. The van der Waals surface area contributed by atoms with Crippen LogP contribution in [-0.4, -0.2) is 40.6 Å². The van der Waals surface area contributed by atoms with Crippen molar-refractivity contribution < 1.29 is 4.79 Å². The van der Waals surface area contributed by atoms with Crippen LogP contribution in [0.5, 0.6) is 0 Å². The number of amides is 1. The normalized spacial score (nSPS) is 11.2. The van der Waals surface area contributed by atoms with Crippen LogP contribution in [0.4, 0.5) is 5.82 Å². The lowest BCUT2D eigenvalue weighted by molar-refractivity contribution is 0.0821. The zero-order valence-corrected chi connectivity index (χ0v) is 11.8. The minimum atomic E-state index is -0.137. The van der Waals surface area contributed by atoms with Gasteiger partial charge in [-0.05, 0) is 32.4 Å². The average molecular weight is 250 g/mol. The number of nitrogens with one attached hydrogen (secondary N) is 1. The molecule has 0 aliphatic heterocycles. The molecule has 5 heteroatoms. The van der Waals surface area contributed by atoms with E-state index in [1.807, 2.05) is 0 Å². The molecular formula is C13H22N4O. The highest BCUT2D eigenvalue weighted by Crippen LogP contribution is 2.17. The molecule has 0 aliphatic rings. The van der Waals surface area contributed by atoms with Crippen LogP contribution in [0, 0.1) is 0 Å². The molecule has 0 radical (unpaired) electrons. The van der Waals surface area contributed by atoms with Gasteiger partial charge in [0.05, 0.1) is 0 Å². The molecule has 5 nitrogen and oxygen atoms in total. The third kappa shape index (κ3) is 3.98. The number of rotatable bonds is 5. The van der Waals surface area contributed by atoms with Crippen molar-refractivity contribution in [1.29, 1.82) is 0 Å².